The minimum absolute atomic E-state index is 0.255. The first-order valence-corrected chi connectivity index (χ1v) is 8.98. The monoisotopic (exact) mass is 375 g/mol. The summed E-state index contributed by atoms with van der Waals surface area (Å²) in [7, 11) is 0. The van der Waals surface area contributed by atoms with Crippen molar-refractivity contribution in [2.75, 3.05) is 43.0 Å². The van der Waals surface area contributed by atoms with Crippen molar-refractivity contribution in [3.8, 4) is 0 Å². The van der Waals surface area contributed by atoms with Gasteiger partial charge in [0.05, 0.1) is 6.61 Å². The molecule has 7 nitrogen and oxygen atoms in total. The number of carbonyl (C=O) groups is 1. The maximum absolute atomic E-state index is 11.8. The second-order valence-electron chi connectivity index (χ2n) is 6.00. The average Bonchev–Trinajstić information content (AvgIpc) is 2.61. The third kappa shape index (κ3) is 4.54. The lowest BCUT2D eigenvalue weighted by Crippen LogP contribution is -2.49. The van der Waals surface area contributed by atoms with Crippen molar-refractivity contribution in [2.45, 2.75) is 13.8 Å². The minimum Gasteiger partial charge on any atom is -0.450 e. The van der Waals surface area contributed by atoms with Crippen LogP contribution in [0.4, 0.5) is 22.2 Å². The van der Waals surface area contributed by atoms with Crippen LogP contribution in [0.3, 0.4) is 0 Å². The Bertz CT molecular complexity index is 778. The van der Waals surface area contributed by atoms with Crippen molar-refractivity contribution in [2.24, 2.45) is 0 Å². The van der Waals surface area contributed by atoms with Crippen LogP contribution in [0.25, 0.3) is 0 Å². The molecule has 0 aliphatic carbocycles. The van der Waals surface area contributed by atoms with Gasteiger partial charge in [0.15, 0.2) is 0 Å². The number of hydrogen-bond donors (Lipinski definition) is 1. The summed E-state index contributed by atoms with van der Waals surface area (Å²) in [6.07, 6.45) is -0.255. The zero-order valence-electron chi connectivity index (χ0n) is 14.9. The zero-order valence-corrected chi connectivity index (χ0v) is 15.7. The summed E-state index contributed by atoms with van der Waals surface area (Å²) in [5, 5.41) is 3.84. The van der Waals surface area contributed by atoms with E-state index in [9.17, 15) is 4.79 Å². The van der Waals surface area contributed by atoms with Crippen molar-refractivity contribution < 1.29 is 9.53 Å². The fourth-order valence-electron chi connectivity index (χ4n) is 2.80. The van der Waals surface area contributed by atoms with Crippen molar-refractivity contribution in [1.82, 2.24) is 14.9 Å². The molecule has 2 heterocycles. The number of halogens is 1. The number of ether oxygens (including phenoxy) is 1. The lowest BCUT2D eigenvalue weighted by molar-refractivity contribution is 0.105. The largest absolute Gasteiger partial charge is 0.450 e. The Balaban J connectivity index is 1.69. The van der Waals surface area contributed by atoms with Crippen LogP contribution in [0.5, 0.6) is 0 Å². The van der Waals surface area contributed by atoms with Crippen molar-refractivity contribution >= 4 is 35.1 Å². The second-order valence-corrected chi connectivity index (χ2v) is 6.44. The molecule has 138 valence electrons. The van der Waals surface area contributed by atoms with Gasteiger partial charge in [0, 0.05) is 48.6 Å². The third-order valence-corrected chi connectivity index (χ3v) is 4.29. The van der Waals surface area contributed by atoms with Crippen LogP contribution in [-0.4, -0.2) is 53.7 Å². The Morgan fingerprint density at radius 3 is 2.69 bits per heavy atom. The van der Waals surface area contributed by atoms with Crippen molar-refractivity contribution in [1.29, 1.82) is 0 Å². The highest BCUT2D eigenvalue weighted by Gasteiger charge is 2.23. The molecule has 0 radical (unpaired) electrons. The molecule has 0 spiro atoms. The van der Waals surface area contributed by atoms with Gasteiger partial charge in [0.25, 0.3) is 0 Å². The summed E-state index contributed by atoms with van der Waals surface area (Å²) in [5.74, 6) is 1.36. The van der Waals surface area contributed by atoms with E-state index in [0.717, 1.165) is 17.2 Å². The van der Waals surface area contributed by atoms with Crippen LogP contribution in [0.1, 0.15) is 12.6 Å². The predicted octanol–water partition coefficient (Wildman–Crippen LogP) is 3.46. The van der Waals surface area contributed by atoms with E-state index in [0.29, 0.717) is 43.8 Å². The smallest absolute Gasteiger partial charge is 0.409 e. The predicted molar refractivity (Wildman–Crippen MR) is 102 cm³/mol. The number of anilines is 3. The number of nitrogens with zero attached hydrogens (tertiary/aromatic N) is 4. The van der Waals surface area contributed by atoms with Crippen LogP contribution in [0, 0.1) is 6.92 Å². The number of hydrogen-bond acceptors (Lipinski definition) is 6. The first-order valence-electron chi connectivity index (χ1n) is 8.60. The molecule has 1 aliphatic heterocycles. The molecular formula is C18H22ClN5O2. The number of benzene rings is 1. The summed E-state index contributed by atoms with van der Waals surface area (Å²) in [6, 6.07) is 9.37. The fraction of sp³-hybridized carbons (Fsp3) is 0.389. The summed E-state index contributed by atoms with van der Waals surface area (Å²) in [5.41, 5.74) is 1.70. The summed E-state index contributed by atoms with van der Waals surface area (Å²) in [6.45, 7) is 6.76. The molecule has 0 unspecified atom stereocenters. The maximum Gasteiger partial charge on any atom is 0.409 e. The van der Waals surface area contributed by atoms with Crippen LogP contribution in [0.15, 0.2) is 30.3 Å². The van der Waals surface area contributed by atoms with Crippen LogP contribution in [0.2, 0.25) is 5.02 Å². The molecule has 2 aromatic rings. The number of rotatable bonds is 4. The molecule has 1 fully saturated rings. The molecule has 1 aliphatic rings. The van der Waals surface area contributed by atoms with Crippen molar-refractivity contribution in [3.05, 3.63) is 41.0 Å². The van der Waals surface area contributed by atoms with Gasteiger partial charge in [-0.3, -0.25) is 0 Å². The second kappa shape index (κ2) is 8.23. The van der Waals surface area contributed by atoms with Crippen LogP contribution in [-0.2, 0) is 4.74 Å². The Hall–Kier alpha value is -2.54. The lowest BCUT2D eigenvalue weighted by Gasteiger charge is -2.34. The molecule has 1 saturated heterocycles. The van der Waals surface area contributed by atoms with E-state index in [1.165, 1.54) is 0 Å². The van der Waals surface area contributed by atoms with E-state index in [2.05, 4.69) is 20.2 Å². The van der Waals surface area contributed by atoms with Gasteiger partial charge in [-0.15, -0.1) is 0 Å². The van der Waals surface area contributed by atoms with E-state index in [1.807, 2.05) is 44.2 Å². The number of aryl methyl sites for hydroxylation is 1. The first-order chi connectivity index (χ1) is 12.5. The van der Waals surface area contributed by atoms with Gasteiger partial charge >= 0.3 is 6.09 Å². The number of aromatic nitrogens is 2. The van der Waals surface area contributed by atoms with Crippen molar-refractivity contribution in [3.63, 3.8) is 0 Å². The number of carbonyl (C=O) groups excluding carboxylic acids is 1. The average molecular weight is 376 g/mol. The van der Waals surface area contributed by atoms with Gasteiger partial charge in [-0.2, -0.15) is 4.98 Å². The molecule has 8 heteroatoms. The molecule has 1 N–H and O–H groups in total. The van der Waals surface area contributed by atoms with E-state index in [1.54, 1.807) is 4.90 Å². The quantitative estimate of drug-likeness (QED) is 0.882. The van der Waals surface area contributed by atoms with Crippen LogP contribution >= 0.6 is 11.6 Å². The number of amides is 1. The maximum atomic E-state index is 11.8. The fourth-order valence-corrected chi connectivity index (χ4v) is 2.99. The molecule has 1 aromatic carbocycles. The Morgan fingerprint density at radius 1 is 1.23 bits per heavy atom. The van der Waals surface area contributed by atoms with Gasteiger partial charge in [0.1, 0.15) is 5.82 Å². The minimum atomic E-state index is -0.255. The van der Waals surface area contributed by atoms with Gasteiger partial charge < -0.3 is 19.9 Å². The highest BCUT2D eigenvalue weighted by atomic mass is 35.5. The number of piperazine rings is 1. The van der Waals surface area contributed by atoms with E-state index >= 15 is 0 Å². The molecule has 1 aromatic heterocycles. The molecule has 3 rings (SSSR count). The van der Waals surface area contributed by atoms with Gasteiger partial charge in [-0.05, 0) is 32.0 Å². The Kier molecular flexibility index (Phi) is 5.78. The molecule has 0 bridgehead atoms. The van der Waals surface area contributed by atoms with E-state index < -0.39 is 0 Å². The molecule has 0 atom stereocenters. The van der Waals surface area contributed by atoms with Gasteiger partial charge in [0.2, 0.25) is 5.95 Å². The highest BCUT2D eigenvalue weighted by molar-refractivity contribution is 6.30. The summed E-state index contributed by atoms with van der Waals surface area (Å²) < 4.78 is 5.06. The molecule has 0 saturated carbocycles. The summed E-state index contributed by atoms with van der Waals surface area (Å²) >= 11 is 6.03. The Labute approximate surface area is 157 Å². The van der Waals surface area contributed by atoms with E-state index in [-0.39, 0.29) is 6.09 Å². The zero-order chi connectivity index (χ0) is 18.5. The van der Waals surface area contributed by atoms with Crippen LogP contribution < -0.4 is 10.2 Å². The SMILES string of the molecule is CCOC(=O)N1CCN(c2cc(C)nc(Nc3cccc(Cl)c3)n2)CC1. The lowest BCUT2D eigenvalue weighted by atomic mass is 10.3. The van der Waals surface area contributed by atoms with E-state index in [4.69, 9.17) is 16.3 Å². The topological polar surface area (TPSA) is 70.6 Å². The summed E-state index contributed by atoms with van der Waals surface area (Å²) in [4.78, 5) is 24.7. The molecular weight excluding hydrogens is 354 g/mol. The third-order valence-electron chi connectivity index (χ3n) is 4.05. The standard InChI is InChI=1S/C18H22ClN5O2/c1-3-26-18(25)24-9-7-23(8-10-24)16-11-13(2)20-17(22-16)21-15-6-4-5-14(19)12-15/h4-6,11-12H,3,7-10H2,1-2H3,(H,20,21,22). The molecule has 26 heavy (non-hydrogen) atoms. The Morgan fingerprint density at radius 2 is 2.00 bits per heavy atom. The number of nitrogens with one attached hydrogen (secondary N) is 1. The normalized spacial score (nSPS) is 14.3. The first kappa shape index (κ1) is 18.3. The van der Waals surface area contributed by atoms with Gasteiger partial charge in [-0.1, -0.05) is 17.7 Å². The molecule has 1 amide bonds. The highest BCUT2D eigenvalue weighted by Crippen LogP contribution is 2.21. The van der Waals surface area contributed by atoms with Gasteiger partial charge in [-0.25, -0.2) is 9.78 Å².